The molecule has 4 rings (SSSR count). The van der Waals surface area contributed by atoms with E-state index in [9.17, 15) is 9.59 Å². The second-order valence-corrected chi connectivity index (χ2v) is 11.6. The van der Waals surface area contributed by atoms with Crippen LogP contribution in [0.15, 0.2) is 24.4 Å². The lowest BCUT2D eigenvalue weighted by Crippen LogP contribution is -2.41. The summed E-state index contributed by atoms with van der Waals surface area (Å²) >= 11 is 1.52. The summed E-state index contributed by atoms with van der Waals surface area (Å²) in [5.41, 5.74) is 2.66. The second kappa shape index (κ2) is 10.0. The van der Waals surface area contributed by atoms with E-state index in [1.54, 1.807) is 0 Å². The molecule has 184 valence electrons. The Kier molecular flexibility index (Phi) is 7.28. The average Bonchev–Trinajstić information content (AvgIpc) is 3.39. The third kappa shape index (κ3) is 5.96. The lowest BCUT2D eigenvalue weighted by molar-refractivity contribution is 0.0502. The van der Waals surface area contributed by atoms with Crippen LogP contribution >= 0.6 is 11.3 Å². The minimum Gasteiger partial charge on any atom is -0.444 e. The Bertz CT molecular complexity index is 1020. The van der Waals surface area contributed by atoms with Crippen molar-refractivity contribution < 1.29 is 14.3 Å². The summed E-state index contributed by atoms with van der Waals surface area (Å²) in [5.74, 6) is 0.558. The number of carbonyl (C=O) groups excluding carboxylic acids is 2. The summed E-state index contributed by atoms with van der Waals surface area (Å²) in [6, 6.07) is 6.28. The third-order valence-electron chi connectivity index (χ3n) is 6.52. The minimum atomic E-state index is -0.539. The second-order valence-electron chi connectivity index (χ2n) is 10.6. The van der Waals surface area contributed by atoms with Crippen LogP contribution in [0.3, 0.4) is 0 Å². The van der Waals surface area contributed by atoms with E-state index in [2.05, 4.69) is 35.5 Å². The molecule has 1 atom stereocenters. The van der Waals surface area contributed by atoms with Crippen LogP contribution in [-0.2, 0) is 4.74 Å². The molecular formula is C26H36N4O3S. The molecule has 4 heterocycles. The number of aromatic nitrogens is 1. The van der Waals surface area contributed by atoms with E-state index in [1.807, 2.05) is 38.8 Å². The number of nitrogens with zero attached hydrogens (tertiary/aromatic N) is 3. The van der Waals surface area contributed by atoms with Crippen molar-refractivity contribution in [1.82, 2.24) is 20.1 Å². The maximum absolute atomic E-state index is 13.2. The van der Waals surface area contributed by atoms with Crippen molar-refractivity contribution in [1.29, 1.82) is 0 Å². The molecule has 2 fully saturated rings. The van der Waals surface area contributed by atoms with Crippen molar-refractivity contribution >= 4 is 23.3 Å². The number of aryl methyl sites for hydroxylation is 1. The highest BCUT2D eigenvalue weighted by molar-refractivity contribution is 7.17. The first-order chi connectivity index (χ1) is 16.1. The maximum Gasteiger partial charge on any atom is 0.407 e. The Labute approximate surface area is 206 Å². The molecule has 2 aromatic heterocycles. The lowest BCUT2D eigenvalue weighted by Gasteiger charge is -2.28. The summed E-state index contributed by atoms with van der Waals surface area (Å²) < 4.78 is 5.34. The summed E-state index contributed by atoms with van der Waals surface area (Å²) in [5, 5.41) is 2.89. The van der Waals surface area contributed by atoms with Gasteiger partial charge in [-0.05, 0) is 84.8 Å². The minimum absolute atomic E-state index is 0.0261. The molecule has 34 heavy (non-hydrogen) atoms. The highest BCUT2D eigenvalue weighted by Gasteiger charge is 2.31. The van der Waals surface area contributed by atoms with Gasteiger partial charge in [0.15, 0.2) is 0 Å². The summed E-state index contributed by atoms with van der Waals surface area (Å²) in [6.07, 6.45) is 4.55. The van der Waals surface area contributed by atoms with E-state index in [-0.39, 0.29) is 11.9 Å². The van der Waals surface area contributed by atoms with Gasteiger partial charge in [0.2, 0.25) is 0 Å². The number of pyridine rings is 1. The Balaban J connectivity index is 1.38. The molecule has 1 N–H and O–H groups in total. The van der Waals surface area contributed by atoms with Gasteiger partial charge in [0, 0.05) is 41.3 Å². The van der Waals surface area contributed by atoms with Crippen molar-refractivity contribution in [2.75, 3.05) is 33.2 Å². The van der Waals surface area contributed by atoms with Crippen molar-refractivity contribution in [3.05, 3.63) is 40.5 Å². The number of ether oxygens (including phenoxy) is 1. The van der Waals surface area contributed by atoms with Crippen LogP contribution < -0.4 is 5.32 Å². The SMILES string of the molecule is Cc1cc(-c2ccc(C3CCN(C)CC3)nc2)sc1C(=O)N1CC[C@H](NC(=O)OC(C)(C)C)C1. The monoisotopic (exact) mass is 484 g/mol. The number of hydrogen-bond acceptors (Lipinski definition) is 6. The molecule has 2 saturated heterocycles. The van der Waals surface area contributed by atoms with Gasteiger partial charge >= 0.3 is 6.09 Å². The van der Waals surface area contributed by atoms with E-state index in [0.717, 1.165) is 53.2 Å². The van der Waals surface area contributed by atoms with Gasteiger partial charge in [0.1, 0.15) is 5.60 Å². The van der Waals surface area contributed by atoms with Gasteiger partial charge in [-0.15, -0.1) is 11.3 Å². The molecule has 2 aliphatic heterocycles. The van der Waals surface area contributed by atoms with Crippen LogP contribution in [0.2, 0.25) is 0 Å². The predicted molar refractivity (Wildman–Crippen MR) is 135 cm³/mol. The molecule has 0 aromatic carbocycles. The van der Waals surface area contributed by atoms with E-state index >= 15 is 0 Å². The Morgan fingerprint density at radius 3 is 2.53 bits per heavy atom. The zero-order valence-electron chi connectivity index (χ0n) is 20.9. The van der Waals surface area contributed by atoms with E-state index < -0.39 is 11.7 Å². The molecule has 2 amide bonds. The molecule has 0 spiro atoms. The van der Waals surface area contributed by atoms with E-state index in [4.69, 9.17) is 9.72 Å². The predicted octanol–water partition coefficient (Wildman–Crippen LogP) is 4.67. The summed E-state index contributed by atoms with van der Waals surface area (Å²) in [4.78, 5) is 36.1. The van der Waals surface area contributed by atoms with E-state index in [0.29, 0.717) is 19.0 Å². The zero-order valence-corrected chi connectivity index (χ0v) is 21.7. The standard InChI is InChI=1S/C26H36N4O3S/c1-17-14-22(19-6-7-21(27-15-19)18-8-11-29(5)12-9-18)34-23(17)24(31)30-13-10-20(16-30)28-25(32)33-26(2,3)4/h6-7,14-15,18,20H,8-13,16H2,1-5H3,(H,28,32)/t20-/m0/s1. The number of carbonyl (C=O) groups is 2. The zero-order chi connectivity index (χ0) is 24.5. The maximum atomic E-state index is 13.2. The molecule has 7 nitrogen and oxygen atoms in total. The van der Waals surface area contributed by atoms with Crippen molar-refractivity contribution in [2.45, 2.75) is 64.5 Å². The number of nitrogens with one attached hydrogen (secondary N) is 1. The van der Waals surface area contributed by atoms with Crippen molar-refractivity contribution in [2.24, 2.45) is 0 Å². The van der Waals surface area contributed by atoms with Crippen molar-refractivity contribution in [3.8, 4) is 10.4 Å². The number of hydrogen-bond donors (Lipinski definition) is 1. The largest absolute Gasteiger partial charge is 0.444 e. The quantitative estimate of drug-likeness (QED) is 0.683. The molecule has 0 bridgehead atoms. The Morgan fingerprint density at radius 2 is 1.88 bits per heavy atom. The summed E-state index contributed by atoms with van der Waals surface area (Å²) in [7, 11) is 2.17. The van der Waals surface area contributed by atoms with Crippen LogP contribution in [0.4, 0.5) is 4.79 Å². The normalized spacial score (nSPS) is 19.9. The number of likely N-dealkylation sites (tertiary alicyclic amines) is 2. The van der Waals surface area contributed by atoms with Crippen LogP contribution in [0.5, 0.6) is 0 Å². The fraction of sp³-hybridized carbons (Fsp3) is 0.577. The van der Waals surface area contributed by atoms with Crippen LogP contribution in [-0.4, -0.2) is 71.7 Å². The molecule has 0 saturated carbocycles. The fourth-order valence-corrected chi connectivity index (χ4v) is 5.74. The van der Waals surface area contributed by atoms with Crippen LogP contribution in [0.1, 0.15) is 66.9 Å². The van der Waals surface area contributed by atoms with Gasteiger partial charge in [-0.25, -0.2) is 4.79 Å². The smallest absolute Gasteiger partial charge is 0.407 e. The Hall–Kier alpha value is -2.45. The van der Waals surface area contributed by atoms with Gasteiger partial charge < -0.3 is 19.9 Å². The molecule has 0 unspecified atom stereocenters. The molecule has 2 aromatic rings. The van der Waals surface area contributed by atoms with Gasteiger partial charge in [-0.2, -0.15) is 0 Å². The third-order valence-corrected chi connectivity index (χ3v) is 7.79. The topological polar surface area (TPSA) is 74.8 Å². The number of alkyl carbamates (subject to hydrolysis) is 1. The van der Waals surface area contributed by atoms with Gasteiger partial charge in [0.05, 0.1) is 10.9 Å². The summed E-state index contributed by atoms with van der Waals surface area (Å²) in [6.45, 7) is 10.9. The van der Waals surface area contributed by atoms with Gasteiger partial charge in [0.25, 0.3) is 5.91 Å². The van der Waals surface area contributed by atoms with Crippen LogP contribution in [0.25, 0.3) is 10.4 Å². The first-order valence-electron chi connectivity index (χ1n) is 12.1. The molecule has 8 heteroatoms. The molecular weight excluding hydrogens is 448 g/mol. The average molecular weight is 485 g/mol. The number of thiophene rings is 1. The molecule has 0 radical (unpaired) electrons. The van der Waals surface area contributed by atoms with E-state index in [1.165, 1.54) is 17.0 Å². The molecule has 2 aliphatic rings. The molecule has 0 aliphatic carbocycles. The Morgan fingerprint density at radius 1 is 1.15 bits per heavy atom. The van der Waals surface area contributed by atoms with Gasteiger partial charge in [-0.1, -0.05) is 6.07 Å². The fourth-order valence-electron chi connectivity index (χ4n) is 4.61. The number of rotatable bonds is 4. The first kappa shape index (κ1) is 24.7. The first-order valence-corrected chi connectivity index (χ1v) is 12.9. The number of piperidine rings is 1. The van der Waals surface area contributed by atoms with Crippen LogP contribution in [0, 0.1) is 6.92 Å². The lowest BCUT2D eigenvalue weighted by atomic mass is 9.93. The van der Waals surface area contributed by atoms with Gasteiger partial charge in [-0.3, -0.25) is 9.78 Å². The highest BCUT2D eigenvalue weighted by Crippen LogP contribution is 2.34. The highest BCUT2D eigenvalue weighted by atomic mass is 32.1. The number of amides is 2. The van der Waals surface area contributed by atoms with Crippen molar-refractivity contribution in [3.63, 3.8) is 0 Å².